The maximum atomic E-state index is 12.8. The van der Waals surface area contributed by atoms with Crippen molar-refractivity contribution in [1.82, 2.24) is 9.88 Å². The molecular weight excluding hydrogens is 353 g/mol. The van der Waals surface area contributed by atoms with E-state index in [4.69, 9.17) is 0 Å². The second kappa shape index (κ2) is 7.03. The van der Waals surface area contributed by atoms with Gasteiger partial charge in [-0.25, -0.2) is 0 Å². The molecule has 0 unspecified atom stereocenters. The Balaban J connectivity index is 1.38. The minimum absolute atomic E-state index is 0.165. The third-order valence-corrected chi connectivity index (χ3v) is 5.40. The zero-order valence-electron chi connectivity index (χ0n) is 15.3. The number of hydrogen-bond acceptors (Lipinski definition) is 4. The lowest BCUT2D eigenvalue weighted by Gasteiger charge is -2.34. The molecule has 4 nitrogen and oxygen atoms in total. The molecule has 1 aromatic heterocycles. The molecule has 1 aromatic carbocycles. The summed E-state index contributed by atoms with van der Waals surface area (Å²) in [6.07, 6.45) is -1.90. The fourth-order valence-electron chi connectivity index (χ4n) is 3.88. The number of aromatic nitrogens is 1. The molecule has 1 fully saturated rings. The van der Waals surface area contributed by atoms with Gasteiger partial charge in [0.25, 0.3) is 0 Å². The number of hydrogen-bond donors (Lipinski definition) is 1. The van der Waals surface area contributed by atoms with E-state index >= 15 is 0 Å². The number of halogens is 3. The van der Waals surface area contributed by atoms with E-state index in [1.165, 1.54) is 5.56 Å². The highest BCUT2D eigenvalue weighted by molar-refractivity contribution is 5.63. The van der Waals surface area contributed by atoms with Crippen LogP contribution in [0.15, 0.2) is 36.5 Å². The van der Waals surface area contributed by atoms with E-state index in [1.54, 1.807) is 0 Å². The zero-order valence-corrected chi connectivity index (χ0v) is 15.3. The van der Waals surface area contributed by atoms with E-state index < -0.39 is 12.1 Å². The quantitative estimate of drug-likeness (QED) is 0.852. The smallest absolute Gasteiger partial charge is 0.372 e. The van der Waals surface area contributed by atoms with Crippen molar-refractivity contribution in [1.29, 1.82) is 0 Å². The Labute approximate surface area is 157 Å². The van der Waals surface area contributed by atoms with Gasteiger partial charge in [-0.05, 0) is 55.8 Å². The largest absolute Gasteiger partial charge is 0.391 e. The normalized spacial score (nSPS) is 18.6. The van der Waals surface area contributed by atoms with E-state index in [0.29, 0.717) is 13.1 Å². The van der Waals surface area contributed by atoms with Crippen LogP contribution in [0.25, 0.3) is 0 Å². The molecule has 1 saturated heterocycles. The van der Waals surface area contributed by atoms with Crippen molar-refractivity contribution in [2.75, 3.05) is 30.4 Å². The van der Waals surface area contributed by atoms with Crippen molar-refractivity contribution in [3.8, 4) is 0 Å². The second-order valence-corrected chi connectivity index (χ2v) is 7.48. The first-order chi connectivity index (χ1) is 12.9. The molecule has 0 spiro atoms. The summed E-state index contributed by atoms with van der Waals surface area (Å²) < 4.78 is 38.4. The van der Waals surface area contributed by atoms with E-state index in [9.17, 15) is 13.2 Å². The molecule has 0 bridgehead atoms. The summed E-state index contributed by atoms with van der Waals surface area (Å²) >= 11 is 0. The topological polar surface area (TPSA) is 31.4 Å². The van der Waals surface area contributed by atoms with Crippen LogP contribution in [0.1, 0.15) is 24.1 Å². The molecule has 7 heteroatoms. The Morgan fingerprint density at radius 2 is 1.74 bits per heavy atom. The highest BCUT2D eigenvalue weighted by atomic mass is 19.4. The molecule has 0 radical (unpaired) electrons. The number of nitrogens with one attached hydrogen (secondary N) is 1. The van der Waals surface area contributed by atoms with Crippen molar-refractivity contribution in [3.05, 3.63) is 47.8 Å². The summed E-state index contributed by atoms with van der Waals surface area (Å²) in [7, 11) is 2.07. The number of pyridine rings is 1. The number of fused-ring (bicyclic) bond motifs is 1. The molecule has 3 heterocycles. The van der Waals surface area contributed by atoms with Gasteiger partial charge >= 0.3 is 6.18 Å². The molecule has 2 aromatic rings. The van der Waals surface area contributed by atoms with Crippen LogP contribution in [0.4, 0.5) is 30.2 Å². The third-order valence-electron chi connectivity index (χ3n) is 5.40. The van der Waals surface area contributed by atoms with Crippen LogP contribution >= 0.6 is 0 Å². The maximum absolute atomic E-state index is 12.8. The Hall–Kier alpha value is -2.28. The minimum atomic E-state index is -4.07. The molecule has 1 N–H and O–H groups in total. The van der Waals surface area contributed by atoms with Crippen molar-refractivity contribution in [2.24, 2.45) is 5.92 Å². The summed E-state index contributed by atoms with van der Waals surface area (Å²) in [4.78, 5) is 8.77. The van der Waals surface area contributed by atoms with Crippen LogP contribution in [-0.4, -0.2) is 36.2 Å². The minimum Gasteiger partial charge on any atom is -0.372 e. The number of alkyl halides is 3. The van der Waals surface area contributed by atoms with Gasteiger partial charge in [0.15, 0.2) is 0 Å². The average Bonchev–Trinajstić information content (AvgIpc) is 3.01. The summed E-state index contributed by atoms with van der Waals surface area (Å²) in [5.74, 6) is -1.17. The molecule has 4 rings (SSSR count). The Bertz CT molecular complexity index is 796. The van der Waals surface area contributed by atoms with Crippen LogP contribution in [0.3, 0.4) is 0 Å². The molecule has 0 atom stereocenters. The average molecular weight is 376 g/mol. The summed E-state index contributed by atoms with van der Waals surface area (Å²) in [6.45, 7) is 2.68. The monoisotopic (exact) mass is 376 g/mol. The molecule has 2 aliphatic heterocycles. The van der Waals surface area contributed by atoms with Gasteiger partial charge in [-0.1, -0.05) is 0 Å². The highest BCUT2D eigenvalue weighted by Gasteiger charge is 2.41. The first kappa shape index (κ1) is 18.1. The van der Waals surface area contributed by atoms with Crippen molar-refractivity contribution in [2.45, 2.75) is 32.1 Å². The van der Waals surface area contributed by atoms with Gasteiger partial charge in [0.2, 0.25) is 0 Å². The third kappa shape index (κ3) is 4.03. The maximum Gasteiger partial charge on any atom is 0.391 e. The van der Waals surface area contributed by atoms with Gasteiger partial charge in [0.1, 0.15) is 0 Å². The zero-order chi connectivity index (χ0) is 19.0. The molecule has 0 amide bonds. The van der Waals surface area contributed by atoms with Crippen LogP contribution in [0.5, 0.6) is 0 Å². The lowest BCUT2D eigenvalue weighted by molar-refractivity contribution is -0.179. The van der Waals surface area contributed by atoms with Crippen molar-refractivity contribution in [3.63, 3.8) is 0 Å². The number of piperidine rings is 1. The number of nitrogens with zero attached hydrogens (tertiary/aromatic N) is 3. The number of rotatable bonds is 3. The summed E-state index contributed by atoms with van der Waals surface area (Å²) in [5.41, 5.74) is 5.22. The number of anilines is 3. The van der Waals surface area contributed by atoms with Crippen molar-refractivity contribution >= 4 is 17.1 Å². The number of benzene rings is 1. The highest BCUT2D eigenvalue weighted by Crippen LogP contribution is 2.35. The van der Waals surface area contributed by atoms with Gasteiger partial charge < -0.3 is 10.2 Å². The van der Waals surface area contributed by atoms with E-state index in [-0.39, 0.29) is 12.8 Å². The SMILES string of the molecule is CN1Cc2cc(Nc3ccc(N4CCC(C(F)(F)F)CC4)cc3)cnc2C1. The second-order valence-electron chi connectivity index (χ2n) is 7.48. The van der Waals surface area contributed by atoms with E-state index in [0.717, 1.165) is 35.8 Å². The standard InChI is InChI=1S/C20H23F3N4/c1-26-12-14-10-17(11-24-19(14)13-26)25-16-2-4-18(5-3-16)27-8-6-15(7-9-27)20(21,22)23/h2-5,10-11,15,25H,6-9,12-13H2,1H3. The Kier molecular flexibility index (Phi) is 4.72. The molecule has 0 aliphatic carbocycles. The molecule has 144 valence electrons. The van der Waals surface area contributed by atoms with Gasteiger partial charge in [-0.2, -0.15) is 13.2 Å². The van der Waals surface area contributed by atoms with Gasteiger partial charge in [-0.15, -0.1) is 0 Å². The Morgan fingerprint density at radius 1 is 1.04 bits per heavy atom. The first-order valence-corrected chi connectivity index (χ1v) is 9.23. The molecule has 0 saturated carbocycles. The van der Waals surface area contributed by atoms with Crippen LogP contribution in [0, 0.1) is 5.92 Å². The lowest BCUT2D eigenvalue weighted by atomic mass is 9.96. The predicted octanol–water partition coefficient (Wildman–Crippen LogP) is 4.55. The fraction of sp³-hybridized carbons (Fsp3) is 0.450. The molecule has 27 heavy (non-hydrogen) atoms. The van der Waals surface area contributed by atoms with E-state index in [2.05, 4.69) is 28.3 Å². The van der Waals surface area contributed by atoms with Gasteiger partial charge in [0, 0.05) is 37.6 Å². The van der Waals surface area contributed by atoms with Crippen molar-refractivity contribution < 1.29 is 13.2 Å². The van der Waals surface area contributed by atoms with Gasteiger partial charge in [0.05, 0.1) is 23.5 Å². The molecule has 2 aliphatic rings. The van der Waals surface area contributed by atoms with Crippen LogP contribution in [0.2, 0.25) is 0 Å². The molecular formula is C20H23F3N4. The van der Waals surface area contributed by atoms with E-state index in [1.807, 2.05) is 35.4 Å². The lowest BCUT2D eigenvalue weighted by Crippen LogP contribution is -2.38. The predicted molar refractivity (Wildman–Crippen MR) is 100 cm³/mol. The first-order valence-electron chi connectivity index (χ1n) is 9.23. The summed E-state index contributed by atoms with van der Waals surface area (Å²) in [5, 5.41) is 3.36. The fourth-order valence-corrected chi connectivity index (χ4v) is 3.88. The van der Waals surface area contributed by atoms with Gasteiger partial charge in [-0.3, -0.25) is 9.88 Å². The summed E-state index contributed by atoms with van der Waals surface area (Å²) in [6, 6.07) is 9.98. The van der Waals surface area contributed by atoms with Crippen LogP contribution in [-0.2, 0) is 13.1 Å². The van der Waals surface area contributed by atoms with Crippen LogP contribution < -0.4 is 10.2 Å². The Morgan fingerprint density at radius 3 is 2.41 bits per heavy atom.